The summed E-state index contributed by atoms with van der Waals surface area (Å²) in [6.07, 6.45) is -3.20. The molecule has 2 aliphatic heterocycles. The summed E-state index contributed by atoms with van der Waals surface area (Å²) in [5.41, 5.74) is 6.06. The minimum Gasteiger partial charge on any atom is -0.484 e. The van der Waals surface area contributed by atoms with Crippen molar-refractivity contribution in [2.75, 3.05) is 30.9 Å². The van der Waals surface area contributed by atoms with Crippen LogP contribution in [0.25, 0.3) is 11.2 Å². The Kier molecular flexibility index (Phi) is 14.1. The van der Waals surface area contributed by atoms with Gasteiger partial charge in [0.15, 0.2) is 24.4 Å². The van der Waals surface area contributed by atoms with E-state index >= 15 is 0 Å². The van der Waals surface area contributed by atoms with Gasteiger partial charge in [-0.25, -0.2) is 24.1 Å². The van der Waals surface area contributed by atoms with E-state index in [4.69, 9.17) is 38.5 Å². The fourth-order valence-electron chi connectivity index (χ4n) is 7.37. The molecule has 23 heteroatoms. The summed E-state index contributed by atoms with van der Waals surface area (Å²) in [6, 6.07) is 14.6. The molecule has 66 heavy (non-hydrogen) atoms. The maximum atomic E-state index is 13.5. The number of ether oxygens (including phenoxy) is 5. The zero-order valence-electron chi connectivity index (χ0n) is 37.5. The molecule has 22 nitrogen and oxygen atoms in total. The van der Waals surface area contributed by atoms with Crippen LogP contribution < -0.4 is 31.8 Å². The number of anilines is 2. The molecule has 354 valence electrons. The summed E-state index contributed by atoms with van der Waals surface area (Å²) in [5.74, 6) is -0.898. The van der Waals surface area contributed by atoms with Crippen molar-refractivity contribution in [1.82, 2.24) is 34.1 Å². The predicted molar refractivity (Wildman–Crippen MR) is 237 cm³/mol. The number of carbonyl (C=O) groups is 2. The highest BCUT2D eigenvalue weighted by Crippen LogP contribution is 2.49. The van der Waals surface area contributed by atoms with Crippen LogP contribution in [0, 0.1) is 0 Å². The third-order valence-electron chi connectivity index (χ3n) is 10.9. The van der Waals surface area contributed by atoms with Crippen LogP contribution >= 0.6 is 7.82 Å². The Morgan fingerprint density at radius 2 is 1.42 bits per heavy atom. The number of esters is 1. The van der Waals surface area contributed by atoms with E-state index in [1.54, 1.807) is 31.2 Å². The fraction of sp³-hybridized carbons (Fsp3) is 0.488. The predicted octanol–water partition coefficient (Wildman–Crippen LogP) is 4.44. The van der Waals surface area contributed by atoms with Gasteiger partial charge in [-0.3, -0.25) is 38.1 Å². The number of aromatic nitrogens is 7. The molecule has 7 rings (SSSR count). The first kappa shape index (κ1) is 47.9. The van der Waals surface area contributed by atoms with Crippen molar-refractivity contribution in [3.63, 3.8) is 0 Å². The Bertz CT molecular complexity index is 2690. The van der Waals surface area contributed by atoms with E-state index in [9.17, 15) is 28.6 Å². The van der Waals surface area contributed by atoms with Crippen molar-refractivity contribution in [3.05, 3.63) is 93.2 Å². The lowest BCUT2D eigenvalue weighted by molar-refractivity contribution is -0.155. The number of phosphoric acid groups is 1. The Balaban J connectivity index is 1.05. The molecule has 0 aliphatic carbocycles. The number of nitrogen functional groups attached to an aromatic ring is 1. The molecule has 7 atom stereocenters. The number of hydrogen-bond acceptors (Lipinski definition) is 17. The van der Waals surface area contributed by atoms with Gasteiger partial charge in [-0.05, 0) is 52.6 Å². The SMILES string of the molecule is CC[C@H]1O[C@@H](n2cnc(N)nc2=O)CC1OP(=O)(O)OC[C@H]1O[C@@H](n2cnc3c(=O)[nH]c(NC(=O)COc4ccc(C(C)(C)C)cc4)nc32)CC1OC(=O)COc1ccc(C(C)(C)C)cc1. The first-order valence-electron chi connectivity index (χ1n) is 21.3. The van der Waals surface area contributed by atoms with E-state index in [0.29, 0.717) is 17.9 Å². The van der Waals surface area contributed by atoms with Crippen LogP contribution in [0.5, 0.6) is 11.5 Å². The second-order valence-corrected chi connectivity index (χ2v) is 19.3. The lowest BCUT2D eigenvalue weighted by Crippen LogP contribution is -2.33. The number of amides is 1. The van der Waals surface area contributed by atoms with Gasteiger partial charge < -0.3 is 34.3 Å². The standard InChI is InChI=1S/C43H54N9O13P/c1-8-28-30(18-34(62-28)52-23-46-39(44)50-41(52)56)65-66(57,58)61-19-31-29(64-35(54)21-60-27-15-11-25(12-16-27)43(5,6)7)17-33(63-31)51-22-45-36-37(51)48-40(49-38(36)55)47-32(53)20-59-26-13-9-24(10-14-26)42(2,3)4/h9-16,22-23,28-31,33-34H,8,17-21H2,1-7H3,(H,57,58)(H2,44,50,56)(H2,47,48,49,53,55)/t28-,29?,30?,31-,33-,34-/m1/s1. The van der Waals surface area contributed by atoms with Crippen LogP contribution in [0.1, 0.15) is 91.3 Å². The number of nitrogens with two attached hydrogens (primary N) is 1. The molecule has 5 N–H and O–H groups in total. The number of phosphoric ester groups is 1. The Hall–Kier alpha value is -6.03. The second kappa shape index (κ2) is 19.4. The minimum atomic E-state index is -4.88. The van der Waals surface area contributed by atoms with Gasteiger partial charge in [0.1, 0.15) is 42.5 Å². The normalized spacial score (nSPS) is 21.9. The largest absolute Gasteiger partial charge is 0.484 e. The summed E-state index contributed by atoms with van der Waals surface area (Å²) in [7, 11) is -4.88. The molecule has 0 saturated carbocycles. The Morgan fingerprint density at radius 3 is 2.03 bits per heavy atom. The van der Waals surface area contributed by atoms with Gasteiger partial charge in [0.05, 0.1) is 25.1 Å². The molecule has 0 radical (unpaired) electrons. The highest BCUT2D eigenvalue weighted by molar-refractivity contribution is 7.47. The Labute approximate surface area is 378 Å². The van der Waals surface area contributed by atoms with Crippen molar-refractivity contribution >= 4 is 42.8 Å². The van der Waals surface area contributed by atoms with Crippen LogP contribution in [0.4, 0.5) is 11.9 Å². The number of imidazole rings is 1. The quantitative estimate of drug-likeness (QED) is 0.0785. The molecule has 0 bridgehead atoms. The van der Waals surface area contributed by atoms with E-state index < -0.39 is 81.0 Å². The molecule has 1 amide bonds. The summed E-state index contributed by atoms with van der Waals surface area (Å²) in [4.78, 5) is 81.4. The molecule has 2 aromatic carbocycles. The molecule has 2 aliphatic rings. The van der Waals surface area contributed by atoms with Crippen molar-refractivity contribution in [1.29, 1.82) is 0 Å². The van der Waals surface area contributed by atoms with Gasteiger partial charge in [0.25, 0.3) is 11.5 Å². The number of benzene rings is 2. The van der Waals surface area contributed by atoms with Gasteiger partial charge in [0, 0.05) is 12.8 Å². The molecular formula is C43H54N9O13P. The highest BCUT2D eigenvalue weighted by Gasteiger charge is 2.44. The number of H-pyrrole nitrogens is 1. The minimum absolute atomic E-state index is 0.00888. The number of carbonyl (C=O) groups excluding carboxylic acids is 2. The van der Waals surface area contributed by atoms with E-state index in [1.165, 1.54) is 17.2 Å². The number of nitrogens with one attached hydrogen (secondary N) is 2. The number of rotatable bonds is 16. The van der Waals surface area contributed by atoms with Gasteiger partial charge in [-0.15, -0.1) is 0 Å². The van der Waals surface area contributed by atoms with Crippen LogP contribution in [0.2, 0.25) is 0 Å². The lowest BCUT2D eigenvalue weighted by atomic mass is 9.87. The summed E-state index contributed by atoms with van der Waals surface area (Å²) >= 11 is 0. The van der Waals surface area contributed by atoms with E-state index in [1.807, 2.05) is 24.3 Å². The zero-order chi connectivity index (χ0) is 47.6. The Morgan fingerprint density at radius 1 is 0.848 bits per heavy atom. The summed E-state index contributed by atoms with van der Waals surface area (Å²) in [5, 5.41) is 2.53. The topological polar surface area (TPSA) is 285 Å². The van der Waals surface area contributed by atoms with Gasteiger partial charge in [-0.2, -0.15) is 9.97 Å². The van der Waals surface area contributed by atoms with Crippen molar-refractivity contribution in [2.24, 2.45) is 0 Å². The third kappa shape index (κ3) is 11.7. The molecule has 0 spiro atoms. The average Bonchev–Trinajstić information content (AvgIpc) is 3.98. The van der Waals surface area contributed by atoms with E-state index in [-0.39, 0.29) is 53.3 Å². The maximum absolute atomic E-state index is 13.5. The second-order valence-electron chi connectivity index (χ2n) is 17.9. The maximum Gasteiger partial charge on any atom is 0.472 e. The van der Waals surface area contributed by atoms with Gasteiger partial charge >= 0.3 is 19.5 Å². The third-order valence-corrected chi connectivity index (χ3v) is 12.0. The van der Waals surface area contributed by atoms with Crippen LogP contribution in [-0.2, 0) is 48.2 Å². The van der Waals surface area contributed by atoms with Gasteiger partial charge in [0.2, 0.25) is 11.9 Å². The number of aromatic amines is 1. The van der Waals surface area contributed by atoms with Crippen molar-refractivity contribution < 1.29 is 51.8 Å². The summed E-state index contributed by atoms with van der Waals surface area (Å²) in [6.45, 7) is 12.8. The number of hydrogen-bond donors (Lipinski definition) is 4. The van der Waals surface area contributed by atoms with Crippen molar-refractivity contribution in [2.45, 2.75) is 115 Å². The van der Waals surface area contributed by atoms with Crippen LogP contribution in [0.15, 0.2) is 70.8 Å². The molecule has 2 fully saturated rings. The molecular weight excluding hydrogens is 881 g/mol. The molecule has 3 unspecified atom stereocenters. The average molecular weight is 936 g/mol. The molecule has 2 saturated heterocycles. The fourth-order valence-corrected chi connectivity index (χ4v) is 8.33. The monoisotopic (exact) mass is 935 g/mol. The first-order chi connectivity index (χ1) is 31.2. The smallest absolute Gasteiger partial charge is 0.472 e. The summed E-state index contributed by atoms with van der Waals surface area (Å²) < 4.78 is 56.4. The number of nitrogens with zero attached hydrogens (tertiary/aromatic N) is 6. The highest BCUT2D eigenvalue weighted by atomic mass is 31.2. The number of fused-ring (bicyclic) bond motifs is 1. The first-order valence-corrected chi connectivity index (χ1v) is 22.8. The zero-order valence-corrected chi connectivity index (χ0v) is 38.4. The molecule has 3 aromatic heterocycles. The van der Waals surface area contributed by atoms with Crippen molar-refractivity contribution in [3.8, 4) is 11.5 Å². The van der Waals surface area contributed by atoms with Crippen LogP contribution in [-0.4, -0.2) is 95.1 Å². The molecule has 5 aromatic rings. The van der Waals surface area contributed by atoms with Crippen LogP contribution in [0.3, 0.4) is 0 Å². The lowest BCUT2D eigenvalue weighted by Gasteiger charge is -2.23. The molecule has 5 heterocycles. The van der Waals surface area contributed by atoms with E-state index in [2.05, 4.69) is 71.8 Å². The van der Waals surface area contributed by atoms with E-state index in [0.717, 1.165) is 15.7 Å². The van der Waals surface area contributed by atoms with Gasteiger partial charge in [-0.1, -0.05) is 72.7 Å².